The average Bonchev–Trinajstić information content (AvgIpc) is 3.05. The van der Waals surface area contributed by atoms with E-state index >= 15 is 0 Å². The number of carbonyl (C=O) groups is 1. The fraction of sp³-hybridized carbons (Fsp3) is 0.438. The molecule has 2 unspecified atom stereocenters. The van der Waals surface area contributed by atoms with Crippen molar-refractivity contribution in [1.82, 2.24) is 4.98 Å². The molecule has 3 rings (SSSR count). The van der Waals surface area contributed by atoms with Crippen LogP contribution in [0.3, 0.4) is 0 Å². The van der Waals surface area contributed by atoms with Crippen LogP contribution in [0.4, 0.5) is 0 Å². The Morgan fingerprint density at radius 2 is 1.83 bits per heavy atom. The number of rotatable bonds is 6. The molecule has 0 fully saturated rings. The number of aromatic nitrogens is 1. The Balaban J connectivity index is 0.00000210. The number of ketones is 1. The zero-order valence-corrected chi connectivity index (χ0v) is 23.1. The Morgan fingerprint density at radius 1 is 1.17 bits per heavy atom. The summed E-state index contributed by atoms with van der Waals surface area (Å²) in [5, 5.41) is 10.2. The summed E-state index contributed by atoms with van der Waals surface area (Å²) in [6.45, 7) is 23.3. The van der Waals surface area contributed by atoms with Crippen molar-refractivity contribution < 1.29 is 9.90 Å². The number of Topliss-reactive ketones (excluding diaryl/α,β-unsaturated/α-hetero) is 1. The standard InChI is InChI=1S/C30H37NO2.C2H6/c1-18(2)13-24-19(3)11-12-30(7,8)26(24)14-20(4)22(6)27-10-9-23(17-31-27)16-25-28(32)15-21(5)29(25)33;1-2/h9-14,17,19,21,33H,6,15-16H2,1-5,7-8H3;1-2H3/b20-14+;. The molecule has 1 heterocycles. The normalized spacial score (nSPS) is 21.6. The van der Waals surface area contributed by atoms with E-state index in [1.165, 1.54) is 16.7 Å². The second kappa shape index (κ2) is 11.7. The third kappa shape index (κ3) is 6.60. The van der Waals surface area contributed by atoms with Crippen molar-refractivity contribution in [2.75, 3.05) is 0 Å². The molecule has 2 atom stereocenters. The first kappa shape index (κ1) is 28.3. The molecule has 0 saturated carbocycles. The number of hydrogen-bond acceptors (Lipinski definition) is 3. The molecular formula is C32H43NO2. The SMILES string of the molecule is C=C(/C(C)=C/C1=C(C=C(C)C)C(C)C=CC1(C)C)c1ccc(CC2=C(O)C(C)CC2=O)cn1.CC. The Hall–Kier alpha value is -2.94. The molecule has 0 radical (unpaired) electrons. The Morgan fingerprint density at radius 3 is 2.34 bits per heavy atom. The van der Waals surface area contributed by atoms with E-state index in [4.69, 9.17) is 0 Å². The summed E-state index contributed by atoms with van der Waals surface area (Å²) in [6, 6.07) is 3.93. The molecule has 1 N–H and O–H groups in total. The van der Waals surface area contributed by atoms with Gasteiger partial charge in [-0.1, -0.05) is 84.1 Å². The van der Waals surface area contributed by atoms with E-state index in [9.17, 15) is 9.90 Å². The van der Waals surface area contributed by atoms with Crippen LogP contribution in [0.15, 0.2) is 82.8 Å². The van der Waals surface area contributed by atoms with Gasteiger partial charge in [0.05, 0.1) is 5.69 Å². The van der Waals surface area contributed by atoms with Gasteiger partial charge in [-0.15, -0.1) is 0 Å². The van der Waals surface area contributed by atoms with Gasteiger partial charge < -0.3 is 5.11 Å². The second-order valence-corrected chi connectivity index (χ2v) is 10.4. The molecule has 3 heteroatoms. The number of aliphatic hydroxyl groups is 1. The van der Waals surface area contributed by atoms with E-state index in [1.807, 2.05) is 32.9 Å². The van der Waals surface area contributed by atoms with E-state index in [1.54, 1.807) is 6.20 Å². The van der Waals surface area contributed by atoms with Crippen LogP contribution in [0.2, 0.25) is 0 Å². The number of hydrogen-bond donors (Lipinski definition) is 1. The molecule has 0 amide bonds. The molecule has 1 aromatic heterocycles. The summed E-state index contributed by atoms with van der Waals surface area (Å²) >= 11 is 0. The van der Waals surface area contributed by atoms with Gasteiger partial charge in [-0.25, -0.2) is 0 Å². The lowest BCUT2D eigenvalue weighted by Gasteiger charge is -2.32. The van der Waals surface area contributed by atoms with Crippen molar-refractivity contribution in [3.63, 3.8) is 0 Å². The second-order valence-electron chi connectivity index (χ2n) is 10.4. The molecule has 3 nitrogen and oxygen atoms in total. The van der Waals surface area contributed by atoms with Crippen LogP contribution in [-0.4, -0.2) is 15.9 Å². The number of carbonyl (C=O) groups excluding carboxylic acids is 1. The summed E-state index contributed by atoms with van der Waals surface area (Å²) in [5.41, 5.74) is 8.11. The smallest absolute Gasteiger partial charge is 0.163 e. The van der Waals surface area contributed by atoms with Gasteiger partial charge in [0.15, 0.2) is 5.78 Å². The first-order valence-electron chi connectivity index (χ1n) is 12.8. The highest BCUT2D eigenvalue weighted by Crippen LogP contribution is 2.41. The largest absolute Gasteiger partial charge is 0.512 e. The van der Waals surface area contributed by atoms with Gasteiger partial charge >= 0.3 is 0 Å². The van der Waals surface area contributed by atoms with Crippen LogP contribution in [0.25, 0.3) is 5.57 Å². The van der Waals surface area contributed by atoms with E-state index in [0.717, 1.165) is 22.4 Å². The van der Waals surface area contributed by atoms with Gasteiger partial charge in [0.25, 0.3) is 0 Å². The third-order valence-electron chi connectivity index (χ3n) is 6.70. The lowest BCUT2D eigenvalue weighted by Crippen LogP contribution is -2.19. The average molecular weight is 474 g/mol. The third-order valence-corrected chi connectivity index (χ3v) is 6.70. The van der Waals surface area contributed by atoms with Gasteiger partial charge in [-0.2, -0.15) is 0 Å². The van der Waals surface area contributed by atoms with E-state index in [0.29, 0.717) is 24.3 Å². The topological polar surface area (TPSA) is 50.2 Å². The minimum Gasteiger partial charge on any atom is -0.512 e. The van der Waals surface area contributed by atoms with Crippen molar-refractivity contribution in [2.45, 2.75) is 75.2 Å². The number of aliphatic hydroxyl groups excluding tert-OH is 1. The van der Waals surface area contributed by atoms with Crippen LogP contribution in [0, 0.1) is 17.3 Å². The van der Waals surface area contributed by atoms with Gasteiger partial charge in [0, 0.05) is 35.9 Å². The highest BCUT2D eigenvalue weighted by atomic mass is 16.3. The van der Waals surface area contributed by atoms with Crippen LogP contribution < -0.4 is 0 Å². The van der Waals surface area contributed by atoms with E-state index < -0.39 is 0 Å². The van der Waals surface area contributed by atoms with E-state index in [2.05, 4.69) is 77.4 Å². The van der Waals surface area contributed by atoms with Crippen molar-refractivity contribution in [3.8, 4) is 0 Å². The quantitative estimate of drug-likeness (QED) is 0.333. The molecule has 0 saturated heterocycles. The molecular weight excluding hydrogens is 430 g/mol. The summed E-state index contributed by atoms with van der Waals surface area (Å²) in [5.74, 6) is 0.543. The molecule has 0 aliphatic heterocycles. The monoisotopic (exact) mass is 473 g/mol. The maximum absolute atomic E-state index is 12.1. The maximum Gasteiger partial charge on any atom is 0.163 e. The Labute approximate surface area is 212 Å². The van der Waals surface area contributed by atoms with Gasteiger partial charge in [0.1, 0.15) is 5.76 Å². The minimum absolute atomic E-state index is 0.0334. The van der Waals surface area contributed by atoms with Crippen LogP contribution in [0.1, 0.15) is 80.0 Å². The molecule has 2 aliphatic carbocycles. The van der Waals surface area contributed by atoms with Crippen molar-refractivity contribution >= 4 is 11.4 Å². The summed E-state index contributed by atoms with van der Waals surface area (Å²) < 4.78 is 0. The van der Waals surface area contributed by atoms with Gasteiger partial charge in [0.2, 0.25) is 0 Å². The highest BCUT2D eigenvalue weighted by molar-refractivity contribution is 5.99. The summed E-state index contributed by atoms with van der Waals surface area (Å²) in [6.07, 6.45) is 11.7. The molecule has 35 heavy (non-hydrogen) atoms. The number of allylic oxidation sites excluding steroid dienone is 11. The van der Waals surface area contributed by atoms with Crippen molar-refractivity contribution in [1.29, 1.82) is 0 Å². The zero-order chi connectivity index (χ0) is 26.5. The lowest BCUT2D eigenvalue weighted by atomic mass is 9.72. The Bertz CT molecular complexity index is 1120. The first-order chi connectivity index (χ1) is 16.4. The molecule has 2 aliphatic rings. The molecule has 1 aromatic rings. The predicted octanol–water partition coefficient (Wildman–Crippen LogP) is 8.53. The van der Waals surface area contributed by atoms with Gasteiger partial charge in [-0.3, -0.25) is 9.78 Å². The minimum atomic E-state index is -0.0839. The van der Waals surface area contributed by atoms with Crippen LogP contribution in [-0.2, 0) is 11.2 Å². The molecule has 0 aromatic carbocycles. The number of pyridine rings is 1. The van der Waals surface area contributed by atoms with Crippen molar-refractivity contribution in [2.24, 2.45) is 17.3 Å². The molecule has 0 spiro atoms. The highest BCUT2D eigenvalue weighted by Gasteiger charge is 2.29. The first-order valence-corrected chi connectivity index (χ1v) is 12.8. The lowest BCUT2D eigenvalue weighted by molar-refractivity contribution is -0.115. The number of nitrogens with zero attached hydrogens (tertiary/aromatic N) is 1. The summed E-state index contributed by atoms with van der Waals surface area (Å²) in [4.78, 5) is 16.8. The van der Waals surface area contributed by atoms with Crippen molar-refractivity contribution in [3.05, 3.63) is 94.1 Å². The van der Waals surface area contributed by atoms with E-state index in [-0.39, 0.29) is 22.9 Å². The Kier molecular flexibility index (Phi) is 9.43. The summed E-state index contributed by atoms with van der Waals surface area (Å²) in [7, 11) is 0. The fourth-order valence-corrected chi connectivity index (χ4v) is 4.53. The fourth-order valence-electron chi connectivity index (χ4n) is 4.53. The van der Waals surface area contributed by atoms with Crippen LogP contribution in [0.5, 0.6) is 0 Å². The van der Waals surface area contributed by atoms with Crippen LogP contribution >= 0.6 is 0 Å². The maximum atomic E-state index is 12.1. The molecule has 188 valence electrons. The predicted molar refractivity (Wildman–Crippen MR) is 149 cm³/mol. The zero-order valence-electron chi connectivity index (χ0n) is 23.1. The molecule has 0 bridgehead atoms. The van der Waals surface area contributed by atoms with Gasteiger partial charge in [-0.05, 0) is 60.6 Å².